The first-order chi connectivity index (χ1) is 11.4. The van der Waals surface area contributed by atoms with Gasteiger partial charge in [-0.1, -0.05) is 12.1 Å². The van der Waals surface area contributed by atoms with Crippen molar-refractivity contribution in [1.82, 2.24) is 0 Å². The van der Waals surface area contributed by atoms with Crippen molar-refractivity contribution in [2.24, 2.45) is 0 Å². The van der Waals surface area contributed by atoms with Crippen LogP contribution in [0.25, 0.3) is 0 Å². The van der Waals surface area contributed by atoms with Crippen LogP contribution in [-0.2, 0) is 9.59 Å². The van der Waals surface area contributed by atoms with Crippen molar-refractivity contribution in [3.05, 3.63) is 54.1 Å². The molecule has 0 saturated carbocycles. The number of ketones is 1. The summed E-state index contributed by atoms with van der Waals surface area (Å²) in [5.41, 5.74) is 2.60. The molecule has 6 heteroatoms. The lowest BCUT2D eigenvalue weighted by atomic mass is 10.1. The van der Waals surface area contributed by atoms with Crippen LogP contribution in [0.5, 0.6) is 0 Å². The molecule has 0 atom stereocenters. The van der Waals surface area contributed by atoms with E-state index in [-0.39, 0.29) is 24.1 Å². The maximum absolute atomic E-state index is 12.0. The summed E-state index contributed by atoms with van der Waals surface area (Å²) >= 11 is 0. The first-order valence-electron chi connectivity index (χ1n) is 7.46. The van der Waals surface area contributed by atoms with E-state index in [2.05, 4.69) is 16.0 Å². The number of carbonyl (C=O) groups is 3. The van der Waals surface area contributed by atoms with Gasteiger partial charge in [0, 0.05) is 29.5 Å². The van der Waals surface area contributed by atoms with Gasteiger partial charge < -0.3 is 16.0 Å². The molecule has 0 aliphatic carbocycles. The zero-order chi connectivity index (χ0) is 17.5. The number of carbonyl (C=O) groups excluding carboxylic acids is 3. The lowest BCUT2D eigenvalue weighted by Crippen LogP contribution is -2.21. The van der Waals surface area contributed by atoms with Crippen LogP contribution in [0.2, 0.25) is 0 Å². The minimum atomic E-state index is -0.212. The molecule has 0 aromatic heterocycles. The van der Waals surface area contributed by atoms with Gasteiger partial charge in [0.2, 0.25) is 11.8 Å². The van der Waals surface area contributed by atoms with Gasteiger partial charge in [-0.2, -0.15) is 0 Å². The number of Topliss-reactive ketones (excluding diaryl/α,β-unsaturated/α-hetero) is 1. The molecular weight excluding hydrogens is 306 g/mol. The van der Waals surface area contributed by atoms with E-state index in [0.29, 0.717) is 22.6 Å². The Labute approximate surface area is 140 Å². The standard InChI is InChI=1S/C18H19N3O3/c1-12(22)14-4-3-5-17(10-14)19-11-18(24)21-16-8-6-15(7-9-16)20-13(2)23/h3-10,19H,11H2,1-2H3,(H,20,23)(H,21,24). The highest BCUT2D eigenvalue weighted by Crippen LogP contribution is 2.14. The van der Waals surface area contributed by atoms with E-state index in [1.165, 1.54) is 13.8 Å². The highest BCUT2D eigenvalue weighted by atomic mass is 16.2. The van der Waals surface area contributed by atoms with Gasteiger partial charge in [0.15, 0.2) is 5.78 Å². The van der Waals surface area contributed by atoms with Gasteiger partial charge >= 0.3 is 0 Å². The normalized spacial score (nSPS) is 9.92. The predicted octanol–water partition coefficient (Wildman–Crippen LogP) is 2.90. The van der Waals surface area contributed by atoms with E-state index in [1.54, 1.807) is 48.5 Å². The predicted molar refractivity (Wildman–Crippen MR) is 94.3 cm³/mol. The summed E-state index contributed by atoms with van der Waals surface area (Å²) in [5.74, 6) is -0.387. The number of hydrogen-bond acceptors (Lipinski definition) is 4. The van der Waals surface area contributed by atoms with Crippen LogP contribution >= 0.6 is 0 Å². The van der Waals surface area contributed by atoms with Gasteiger partial charge in [-0.05, 0) is 43.3 Å². The molecule has 6 nitrogen and oxygen atoms in total. The molecule has 0 heterocycles. The maximum Gasteiger partial charge on any atom is 0.243 e. The zero-order valence-electron chi connectivity index (χ0n) is 13.6. The molecule has 0 bridgehead atoms. The van der Waals surface area contributed by atoms with E-state index in [0.717, 1.165) is 0 Å². The van der Waals surface area contributed by atoms with E-state index < -0.39 is 0 Å². The molecule has 0 radical (unpaired) electrons. The number of nitrogens with one attached hydrogen (secondary N) is 3. The number of anilines is 3. The lowest BCUT2D eigenvalue weighted by molar-refractivity contribution is -0.115. The first kappa shape index (κ1) is 17.2. The number of amides is 2. The molecule has 2 aromatic rings. The highest BCUT2D eigenvalue weighted by molar-refractivity contribution is 5.96. The van der Waals surface area contributed by atoms with Crippen molar-refractivity contribution in [3.63, 3.8) is 0 Å². The van der Waals surface area contributed by atoms with Crippen LogP contribution in [0, 0.1) is 0 Å². The second-order valence-electron chi connectivity index (χ2n) is 5.30. The molecule has 124 valence electrons. The number of rotatable bonds is 6. The smallest absolute Gasteiger partial charge is 0.243 e. The molecule has 2 amide bonds. The van der Waals surface area contributed by atoms with Crippen LogP contribution in [0.15, 0.2) is 48.5 Å². The SMILES string of the molecule is CC(=O)Nc1ccc(NC(=O)CNc2cccc(C(C)=O)c2)cc1. The van der Waals surface area contributed by atoms with Gasteiger partial charge in [-0.3, -0.25) is 14.4 Å². The van der Waals surface area contributed by atoms with Crippen molar-refractivity contribution in [1.29, 1.82) is 0 Å². The van der Waals surface area contributed by atoms with E-state index in [1.807, 2.05) is 0 Å². The molecule has 0 unspecified atom stereocenters. The summed E-state index contributed by atoms with van der Waals surface area (Å²) in [7, 11) is 0. The first-order valence-corrected chi connectivity index (χ1v) is 7.46. The Bertz CT molecular complexity index is 754. The average molecular weight is 325 g/mol. The Morgan fingerprint density at radius 2 is 1.46 bits per heavy atom. The summed E-state index contributed by atoms with van der Waals surface area (Å²) in [6, 6.07) is 13.8. The average Bonchev–Trinajstić information content (AvgIpc) is 2.54. The molecule has 0 aliphatic rings. The molecule has 2 aromatic carbocycles. The number of benzene rings is 2. The minimum absolute atomic E-state index is 0.0256. The molecule has 0 fully saturated rings. The molecule has 0 saturated heterocycles. The van der Waals surface area contributed by atoms with Crippen molar-refractivity contribution in [2.75, 3.05) is 22.5 Å². The third kappa shape index (κ3) is 5.24. The minimum Gasteiger partial charge on any atom is -0.376 e. The Morgan fingerprint density at radius 3 is 2.04 bits per heavy atom. The molecule has 3 N–H and O–H groups in total. The third-order valence-electron chi connectivity index (χ3n) is 3.21. The monoisotopic (exact) mass is 325 g/mol. The largest absolute Gasteiger partial charge is 0.376 e. The van der Waals surface area contributed by atoms with Gasteiger partial charge in [0.05, 0.1) is 6.54 Å². The highest BCUT2D eigenvalue weighted by Gasteiger charge is 2.04. The van der Waals surface area contributed by atoms with E-state index >= 15 is 0 Å². The van der Waals surface area contributed by atoms with Crippen molar-refractivity contribution in [2.45, 2.75) is 13.8 Å². The molecule has 0 spiro atoms. The van der Waals surface area contributed by atoms with Gasteiger partial charge in [0.25, 0.3) is 0 Å². The van der Waals surface area contributed by atoms with Crippen molar-refractivity contribution >= 4 is 34.7 Å². The number of hydrogen-bond donors (Lipinski definition) is 3. The third-order valence-corrected chi connectivity index (χ3v) is 3.21. The van der Waals surface area contributed by atoms with Gasteiger partial charge in [0.1, 0.15) is 0 Å². The zero-order valence-corrected chi connectivity index (χ0v) is 13.6. The topological polar surface area (TPSA) is 87.3 Å². The maximum atomic E-state index is 12.0. The Balaban J connectivity index is 1.88. The molecule has 0 aliphatic heterocycles. The fourth-order valence-electron chi connectivity index (χ4n) is 2.08. The fourth-order valence-corrected chi connectivity index (χ4v) is 2.08. The van der Waals surface area contributed by atoms with Crippen LogP contribution in [0.3, 0.4) is 0 Å². The Hall–Kier alpha value is -3.15. The van der Waals surface area contributed by atoms with E-state index in [9.17, 15) is 14.4 Å². The summed E-state index contributed by atoms with van der Waals surface area (Å²) in [6.45, 7) is 3.01. The van der Waals surface area contributed by atoms with Crippen molar-refractivity contribution in [3.8, 4) is 0 Å². The summed E-state index contributed by atoms with van der Waals surface area (Å²) in [4.78, 5) is 34.2. The van der Waals surface area contributed by atoms with Crippen LogP contribution < -0.4 is 16.0 Å². The summed E-state index contributed by atoms with van der Waals surface area (Å²) in [6.07, 6.45) is 0. The van der Waals surface area contributed by atoms with E-state index in [4.69, 9.17) is 0 Å². The Morgan fingerprint density at radius 1 is 0.833 bits per heavy atom. The second-order valence-corrected chi connectivity index (χ2v) is 5.30. The van der Waals surface area contributed by atoms with Crippen LogP contribution in [0.4, 0.5) is 17.1 Å². The second kappa shape index (κ2) is 7.92. The molecular formula is C18H19N3O3. The van der Waals surface area contributed by atoms with Crippen LogP contribution in [-0.4, -0.2) is 24.1 Å². The fraction of sp³-hybridized carbons (Fsp3) is 0.167. The van der Waals surface area contributed by atoms with Gasteiger partial charge in [-0.15, -0.1) is 0 Å². The lowest BCUT2D eigenvalue weighted by Gasteiger charge is -2.09. The Kier molecular flexibility index (Phi) is 5.68. The summed E-state index contributed by atoms with van der Waals surface area (Å²) in [5, 5.41) is 8.38. The molecule has 2 rings (SSSR count). The summed E-state index contributed by atoms with van der Waals surface area (Å²) < 4.78 is 0. The molecule has 24 heavy (non-hydrogen) atoms. The quantitative estimate of drug-likeness (QED) is 0.713. The van der Waals surface area contributed by atoms with Crippen LogP contribution in [0.1, 0.15) is 24.2 Å². The van der Waals surface area contributed by atoms with Crippen molar-refractivity contribution < 1.29 is 14.4 Å². The van der Waals surface area contributed by atoms with Gasteiger partial charge in [-0.25, -0.2) is 0 Å².